The molecule has 0 saturated carbocycles. The molecular weight excluding hydrogens is 793 g/mol. The summed E-state index contributed by atoms with van der Waals surface area (Å²) in [7, 11) is -4.49. The summed E-state index contributed by atoms with van der Waals surface area (Å²) in [6.45, 7) is 2.35. The number of benzene rings is 3. The molecule has 2 atom stereocenters. The van der Waals surface area contributed by atoms with E-state index in [1.807, 2.05) is 12.1 Å². The molecule has 298 valence electrons. The quantitative estimate of drug-likeness (QED) is 0.203. The molecule has 18 heteroatoms. The van der Waals surface area contributed by atoms with E-state index >= 15 is 0 Å². The minimum Gasteiger partial charge on any atom is -0.493 e. The number of carbonyl (C=O) groups excluding carboxylic acids is 2. The van der Waals surface area contributed by atoms with Crippen molar-refractivity contribution in [2.75, 3.05) is 85.3 Å². The highest BCUT2D eigenvalue weighted by Crippen LogP contribution is 2.46. The summed E-state index contributed by atoms with van der Waals surface area (Å²) in [5.41, 5.74) is 1.62. The second-order valence-corrected chi connectivity index (χ2v) is 18.1. The summed E-state index contributed by atoms with van der Waals surface area (Å²) in [4.78, 5) is 37.7. The van der Waals surface area contributed by atoms with E-state index in [9.17, 15) is 26.4 Å². The van der Waals surface area contributed by atoms with Crippen molar-refractivity contribution in [2.24, 2.45) is 4.99 Å². The van der Waals surface area contributed by atoms with Crippen LogP contribution in [-0.4, -0.2) is 139 Å². The Hall–Kier alpha value is -3.77. The molecule has 0 aliphatic carbocycles. The highest BCUT2D eigenvalue weighted by atomic mass is 35.5. The molecule has 3 amide bonds. The first-order valence-corrected chi connectivity index (χ1v) is 21.8. The number of amides is 3. The lowest BCUT2D eigenvalue weighted by Gasteiger charge is -2.38. The number of sulfonamides is 1. The van der Waals surface area contributed by atoms with Crippen molar-refractivity contribution in [3.05, 3.63) is 93.5 Å². The van der Waals surface area contributed by atoms with E-state index in [0.717, 1.165) is 6.26 Å². The molecule has 2 aliphatic rings. The average molecular weight is 839 g/mol. The van der Waals surface area contributed by atoms with E-state index in [1.165, 1.54) is 45.4 Å². The van der Waals surface area contributed by atoms with Gasteiger partial charge in [0.05, 0.1) is 42.1 Å². The number of hydrogen-bond donors (Lipinski definition) is 0. The number of ether oxygens (including phenoxy) is 3. The number of urea groups is 1. The first-order valence-electron chi connectivity index (χ1n) is 17.6. The van der Waals surface area contributed by atoms with Crippen LogP contribution < -0.4 is 4.74 Å². The smallest absolute Gasteiger partial charge is 0.326 e. The molecule has 2 unspecified atom stereocenters. The normalized spacial score (nSPS) is 17.9. The average Bonchev–Trinajstić information content (AvgIpc) is 3.54. The van der Waals surface area contributed by atoms with Gasteiger partial charge in [-0.05, 0) is 60.5 Å². The molecule has 3 aromatic rings. The second kappa shape index (κ2) is 18.4. The first-order chi connectivity index (χ1) is 26.2. The third-order valence-corrected chi connectivity index (χ3v) is 12.6. The van der Waals surface area contributed by atoms with Gasteiger partial charge in [0.25, 0.3) is 0 Å². The summed E-state index contributed by atoms with van der Waals surface area (Å²) in [6.07, 6.45) is 1.10. The van der Waals surface area contributed by atoms with E-state index < -0.39 is 43.9 Å². The summed E-state index contributed by atoms with van der Waals surface area (Å²) in [5.74, 6) is -0.206. The minimum absolute atomic E-state index is 0.00687. The fraction of sp³-hybridized carbons (Fsp3) is 0.432. The lowest BCUT2D eigenvalue weighted by Crippen LogP contribution is -2.57. The van der Waals surface area contributed by atoms with Gasteiger partial charge >= 0.3 is 6.03 Å². The SMILES string of the molecule is CCOc1ccc(S(=O)(=O)N(CCOC)CCOC)cc1C1=NC(c2ccc(Cl)cc2)C(c2ccc(Cl)cc2)N1C(=O)N1CCN(CCS(C)(=O)=O)C(=O)C1. The number of carbonyl (C=O) groups is 2. The van der Waals surface area contributed by atoms with Crippen molar-refractivity contribution in [2.45, 2.75) is 23.9 Å². The van der Waals surface area contributed by atoms with Crippen molar-refractivity contribution in [1.82, 2.24) is 19.0 Å². The van der Waals surface area contributed by atoms with Gasteiger partial charge in [0.2, 0.25) is 15.9 Å². The van der Waals surface area contributed by atoms with E-state index in [4.69, 9.17) is 42.4 Å². The van der Waals surface area contributed by atoms with E-state index in [2.05, 4.69) is 0 Å². The van der Waals surface area contributed by atoms with Gasteiger partial charge in [0.1, 0.15) is 34.0 Å². The second-order valence-electron chi connectivity index (χ2n) is 13.0. The topological polar surface area (TPSA) is 155 Å². The van der Waals surface area contributed by atoms with Crippen molar-refractivity contribution in [3.63, 3.8) is 0 Å². The fourth-order valence-corrected chi connectivity index (χ4v) is 8.64. The Balaban J connectivity index is 1.67. The Morgan fingerprint density at radius 2 is 1.49 bits per heavy atom. The molecule has 55 heavy (non-hydrogen) atoms. The zero-order chi connectivity index (χ0) is 39.9. The number of amidine groups is 1. The Labute approximate surface area is 332 Å². The van der Waals surface area contributed by atoms with Crippen LogP contribution >= 0.6 is 23.2 Å². The molecule has 0 N–H and O–H groups in total. The third-order valence-electron chi connectivity index (χ3n) is 9.24. The number of piperazine rings is 1. The number of halogens is 2. The maximum atomic E-state index is 15.0. The summed E-state index contributed by atoms with van der Waals surface area (Å²) in [5, 5.41) is 0.972. The first kappa shape index (κ1) is 42.4. The Morgan fingerprint density at radius 3 is 2.04 bits per heavy atom. The van der Waals surface area contributed by atoms with Crippen LogP contribution in [0.1, 0.15) is 35.7 Å². The third kappa shape index (κ3) is 10.2. The van der Waals surface area contributed by atoms with Gasteiger partial charge in [-0.25, -0.2) is 21.6 Å². The minimum atomic E-state index is -4.13. The molecule has 1 fully saturated rings. The van der Waals surface area contributed by atoms with Crippen LogP contribution in [0.15, 0.2) is 76.6 Å². The van der Waals surface area contributed by atoms with Crippen molar-refractivity contribution in [1.29, 1.82) is 0 Å². The van der Waals surface area contributed by atoms with Gasteiger partial charge in [-0.15, -0.1) is 0 Å². The zero-order valence-corrected chi connectivity index (χ0v) is 34.2. The van der Waals surface area contributed by atoms with Crippen LogP contribution in [0.3, 0.4) is 0 Å². The molecule has 14 nitrogen and oxygen atoms in total. The summed E-state index contributed by atoms with van der Waals surface area (Å²) < 4.78 is 69.8. The predicted molar refractivity (Wildman–Crippen MR) is 210 cm³/mol. The molecule has 5 rings (SSSR count). The van der Waals surface area contributed by atoms with Gasteiger partial charge in [-0.3, -0.25) is 14.7 Å². The standard InChI is InChI=1S/C37H45Cl2N5O9S2/c1-5-53-32-15-14-30(55(49,50)43(18-21-51-2)19-22-52-3)24-31(32)36-40-34(26-6-10-28(38)11-7-26)35(27-8-12-29(39)13-9-27)44(36)37(46)42-17-16-41(33(45)25-42)20-23-54(4,47)48/h6-15,24,34-35H,5,16-23,25H2,1-4H3. The number of sulfone groups is 1. The van der Waals surface area contributed by atoms with Crippen LogP contribution in [0.5, 0.6) is 5.75 Å². The van der Waals surface area contributed by atoms with Crippen LogP contribution in [0.4, 0.5) is 4.79 Å². The van der Waals surface area contributed by atoms with Gasteiger partial charge < -0.3 is 24.0 Å². The molecule has 0 radical (unpaired) electrons. The highest BCUT2D eigenvalue weighted by molar-refractivity contribution is 7.90. The highest BCUT2D eigenvalue weighted by Gasteiger charge is 2.46. The van der Waals surface area contributed by atoms with Crippen LogP contribution in [-0.2, 0) is 34.1 Å². The summed E-state index contributed by atoms with van der Waals surface area (Å²) >= 11 is 12.6. The van der Waals surface area contributed by atoms with E-state index in [0.29, 0.717) is 21.2 Å². The molecule has 2 aliphatic heterocycles. The van der Waals surface area contributed by atoms with Gasteiger partial charge in [-0.1, -0.05) is 47.5 Å². The fourth-order valence-electron chi connectivity index (χ4n) is 6.40. The number of aliphatic imine (C=N–C) groups is 1. The van der Waals surface area contributed by atoms with Gasteiger partial charge in [-0.2, -0.15) is 4.31 Å². The molecule has 1 saturated heterocycles. The Kier molecular flexibility index (Phi) is 14.2. The van der Waals surface area contributed by atoms with Crippen LogP contribution in [0.2, 0.25) is 10.0 Å². The number of nitrogens with zero attached hydrogens (tertiary/aromatic N) is 5. The Bertz CT molecular complexity index is 2080. The molecule has 0 aromatic heterocycles. The van der Waals surface area contributed by atoms with Crippen LogP contribution in [0, 0.1) is 0 Å². The van der Waals surface area contributed by atoms with E-state index in [-0.39, 0.29) is 86.9 Å². The molecule has 0 bridgehead atoms. The molecule has 3 aromatic carbocycles. The lowest BCUT2D eigenvalue weighted by molar-refractivity contribution is -0.134. The van der Waals surface area contributed by atoms with E-state index in [1.54, 1.807) is 49.4 Å². The summed E-state index contributed by atoms with van der Waals surface area (Å²) in [6, 6.07) is 16.4. The number of hydrogen-bond acceptors (Lipinski definition) is 10. The van der Waals surface area contributed by atoms with Gasteiger partial charge in [0, 0.05) is 63.2 Å². The van der Waals surface area contributed by atoms with Crippen molar-refractivity contribution in [3.8, 4) is 5.75 Å². The maximum absolute atomic E-state index is 15.0. The van der Waals surface area contributed by atoms with Crippen LogP contribution in [0.25, 0.3) is 0 Å². The number of methoxy groups -OCH3 is 2. The predicted octanol–water partition coefficient (Wildman–Crippen LogP) is 4.53. The lowest BCUT2D eigenvalue weighted by atomic mass is 9.93. The number of rotatable bonds is 16. The maximum Gasteiger partial charge on any atom is 0.326 e. The monoisotopic (exact) mass is 837 g/mol. The van der Waals surface area contributed by atoms with Gasteiger partial charge in [0.15, 0.2) is 0 Å². The zero-order valence-electron chi connectivity index (χ0n) is 31.1. The molecule has 0 spiro atoms. The molecule has 2 heterocycles. The molecular formula is C37H45Cl2N5O9S2. The Morgan fingerprint density at radius 1 is 0.891 bits per heavy atom. The van der Waals surface area contributed by atoms with Crippen molar-refractivity contribution >= 4 is 60.8 Å². The van der Waals surface area contributed by atoms with Crippen molar-refractivity contribution < 1.29 is 40.6 Å². The largest absolute Gasteiger partial charge is 0.493 e.